The molecule has 1 atom stereocenters. The third-order valence-corrected chi connectivity index (χ3v) is 5.83. The van der Waals surface area contributed by atoms with Crippen molar-refractivity contribution in [1.29, 1.82) is 0 Å². The van der Waals surface area contributed by atoms with E-state index in [4.69, 9.17) is 9.15 Å². The van der Waals surface area contributed by atoms with E-state index >= 15 is 0 Å². The number of piperidine rings is 1. The number of carbonyl (C=O) groups excluding carboxylic acids is 2. The fraction of sp³-hybridized carbons (Fsp3) is 0.684. The largest absolute Gasteiger partial charge is 0.465 e. The Hall–Kier alpha value is -2.22. The Morgan fingerprint density at radius 2 is 2.04 bits per heavy atom. The highest BCUT2D eigenvalue weighted by Crippen LogP contribution is 2.20. The van der Waals surface area contributed by atoms with Gasteiger partial charge in [0.1, 0.15) is 18.1 Å². The van der Waals surface area contributed by atoms with E-state index in [9.17, 15) is 9.59 Å². The number of piperazine rings is 1. The molecule has 3 aliphatic heterocycles. The molecule has 0 spiro atoms. The van der Waals surface area contributed by atoms with Crippen LogP contribution in [0.15, 0.2) is 16.5 Å². The minimum absolute atomic E-state index is 0.00507. The highest BCUT2D eigenvalue weighted by atomic mass is 16.6. The molecule has 4 heterocycles. The van der Waals surface area contributed by atoms with Crippen molar-refractivity contribution < 1.29 is 18.7 Å². The summed E-state index contributed by atoms with van der Waals surface area (Å²) in [4.78, 5) is 29.9. The number of amides is 3. The van der Waals surface area contributed by atoms with Crippen molar-refractivity contribution in [3.63, 3.8) is 0 Å². The lowest BCUT2D eigenvalue weighted by molar-refractivity contribution is 0.124. The van der Waals surface area contributed by atoms with E-state index in [0.29, 0.717) is 38.7 Å². The van der Waals surface area contributed by atoms with E-state index in [1.807, 2.05) is 19.1 Å². The molecule has 1 unspecified atom stereocenters. The lowest BCUT2D eigenvalue weighted by Crippen LogP contribution is -2.56. The fourth-order valence-electron chi connectivity index (χ4n) is 4.16. The van der Waals surface area contributed by atoms with Gasteiger partial charge < -0.3 is 19.4 Å². The molecule has 0 aliphatic carbocycles. The molecule has 3 fully saturated rings. The summed E-state index contributed by atoms with van der Waals surface area (Å²) in [6.07, 6.45) is 1.91. The Morgan fingerprint density at radius 1 is 1.22 bits per heavy atom. The molecule has 0 saturated carbocycles. The quantitative estimate of drug-likeness (QED) is 0.864. The lowest BCUT2D eigenvalue weighted by Gasteiger charge is -2.36. The van der Waals surface area contributed by atoms with Crippen molar-refractivity contribution in [3.8, 4) is 0 Å². The van der Waals surface area contributed by atoms with Crippen LogP contribution in [-0.4, -0.2) is 78.7 Å². The molecule has 1 N–H and O–H groups in total. The zero-order chi connectivity index (χ0) is 18.8. The highest BCUT2D eigenvalue weighted by Gasteiger charge is 2.38. The van der Waals surface area contributed by atoms with Crippen molar-refractivity contribution in [2.45, 2.75) is 32.4 Å². The minimum Gasteiger partial charge on any atom is -0.465 e. The number of hydrogen-bond acceptors (Lipinski definition) is 5. The first kappa shape index (κ1) is 18.2. The number of cyclic esters (lactones) is 1. The minimum atomic E-state index is -0.253. The van der Waals surface area contributed by atoms with Crippen LogP contribution in [0.3, 0.4) is 0 Å². The van der Waals surface area contributed by atoms with Gasteiger partial charge in [0.25, 0.3) is 0 Å². The van der Waals surface area contributed by atoms with Crippen LogP contribution in [0, 0.1) is 12.8 Å². The Bertz CT molecular complexity index is 683. The number of fused-ring (bicyclic) bond motifs is 1. The Morgan fingerprint density at radius 3 is 2.78 bits per heavy atom. The average Bonchev–Trinajstić information content (AvgIpc) is 3.26. The summed E-state index contributed by atoms with van der Waals surface area (Å²) in [5.74, 6) is 2.49. The second-order valence-electron chi connectivity index (χ2n) is 7.79. The second-order valence-corrected chi connectivity index (χ2v) is 7.79. The molecule has 3 amide bonds. The number of nitrogens with zero attached hydrogens (tertiary/aromatic N) is 3. The van der Waals surface area contributed by atoms with E-state index in [2.05, 4.69) is 10.2 Å². The Balaban J connectivity index is 1.17. The predicted molar refractivity (Wildman–Crippen MR) is 98.3 cm³/mol. The molecule has 3 aliphatic rings. The van der Waals surface area contributed by atoms with E-state index in [0.717, 1.165) is 44.0 Å². The zero-order valence-electron chi connectivity index (χ0n) is 15.9. The number of nitrogens with one attached hydrogen (secondary N) is 1. The standard InChI is InChI=1S/C19H28N4O4/c1-14-2-3-17(27-14)12-21-6-4-15(5-7-21)10-20-18(24)22-8-9-23-16(11-22)13-26-19(23)25/h2-3,15-16H,4-13H2,1H3,(H,20,24). The van der Waals surface area contributed by atoms with E-state index < -0.39 is 0 Å². The summed E-state index contributed by atoms with van der Waals surface area (Å²) in [6.45, 7) is 7.66. The zero-order valence-corrected chi connectivity index (χ0v) is 15.9. The van der Waals surface area contributed by atoms with Crippen molar-refractivity contribution in [2.75, 3.05) is 45.9 Å². The number of ether oxygens (including phenoxy) is 1. The molecular weight excluding hydrogens is 348 g/mol. The third kappa shape index (κ3) is 4.21. The van der Waals surface area contributed by atoms with Gasteiger partial charge in [-0.15, -0.1) is 0 Å². The molecule has 1 aromatic heterocycles. The molecule has 3 saturated heterocycles. The number of urea groups is 1. The maximum atomic E-state index is 12.5. The summed E-state index contributed by atoms with van der Waals surface area (Å²) in [5.41, 5.74) is 0. The molecule has 8 heteroatoms. The SMILES string of the molecule is Cc1ccc(CN2CCC(CNC(=O)N3CCN4C(=O)OCC4C3)CC2)o1. The van der Waals surface area contributed by atoms with Gasteiger partial charge in [-0.1, -0.05) is 0 Å². The normalized spacial score (nSPS) is 24.0. The first-order valence-corrected chi connectivity index (χ1v) is 9.82. The maximum Gasteiger partial charge on any atom is 0.410 e. The van der Waals surface area contributed by atoms with Crippen molar-refractivity contribution in [1.82, 2.24) is 20.0 Å². The molecule has 8 nitrogen and oxygen atoms in total. The van der Waals surface area contributed by atoms with E-state index in [1.54, 1.807) is 9.80 Å². The van der Waals surface area contributed by atoms with Crippen LogP contribution in [-0.2, 0) is 11.3 Å². The Labute approximate surface area is 159 Å². The van der Waals surface area contributed by atoms with E-state index in [1.165, 1.54) is 0 Å². The van der Waals surface area contributed by atoms with Crippen LogP contribution >= 0.6 is 0 Å². The topological polar surface area (TPSA) is 78.3 Å². The summed E-state index contributed by atoms with van der Waals surface area (Å²) >= 11 is 0. The van der Waals surface area contributed by atoms with Crippen molar-refractivity contribution in [2.24, 2.45) is 5.92 Å². The first-order chi connectivity index (χ1) is 13.1. The van der Waals surface area contributed by atoms with Crippen LogP contribution < -0.4 is 5.32 Å². The van der Waals surface area contributed by atoms with Crippen LogP contribution in [0.25, 0.3) is 0 Å². The maximum absolute atomic E-state index is 12.5. The monoisotopic (exact) mass is 376 g/mol. The summed E-state index contributed by atoms with van der Waals surface area (Å²) in [6, 6.07) is 4.03. The van der Waals surface area contributed by atoms with Gasteiger partial charge in [-0.3, -0.25) is 9.80 Å². The number of hydrogen-bond donors (Lipinski definition) is 1. The van der Waals surface area contributed by atoms with Gasteiger partial charge in [-0.05, 0) is 50.9 Å². The smallest absolute Gasteiger partial charge is 0.410 e. The van der Waals surface area contributed by atoms with Gasteiger partial charge in [0, 0.05) is 26.2 Å². The predicted octanol–water partition coefficient (Wildman–Crippen LogP) is 1.65. The van der Waals surface area contributed by atoms with Gasteiger partial charge in [0.2, 0.25) is 0 Å². The summed E-state index contributed by atoms with van der Waals surface area (Å²) in [5, 5.41) is 3.09. The molecule has 27 heavy (non-hydrogen) atoms. The lowest BCUT2D eigenvalue weighted by atomic mass is 9.97. The number of furan rings is 1. The van der Waals surface area contributed by atoms with Crippen LogP contribution in [0.2, 0.25) is 0 Å². The van der Waals surface area contributed by atoms with Gasteiger partial charge in [-0.2, -0.15) is 0 Å². The van der Waals surface area contributed by atoms with Gasteiger partial charge >= 0.3 is 12.1 Å². The third-order valence-electron chi connectivity index (χ3n) is 5.83. The van der Waals surface area contributed by atoms with Crippen LogP contribution in [0.1, 0.15) is 24.4 Å². The number of carbonyl (C=O) groups is 2. The molecular formula is C19H28N4O4. The van der Waals surface area contributed by atoms with Crippen molar-refractivity contribution in [3.05, 3.63) is 23.7 Å². The number of rotatable bonds is 4. The van der Waals surface area contributed by atoms with Gasteiger partial charge in [0.05, 0.1) is 12.6 Å². The number of aryl methyl sites for hydroxylation is 1. The van der Waals surface area contributed by atoms with Gasteiger partial charge in [-0.25, -0.2) is 9.59 Å². The molecule has 0 aromatic carbocycles. The Kier molecular flexibility index (Phi) is 5.24. The first-order valence-electron chi connectivity index (χ1n) is 9.82. The van der Waals surface area contributed by atoms with Crippen LogP contribution in [0.5, 0.6) is 0 Å². The molecule has 4 rings (SSSR count). The van der Waals surface area contributed by atoms with Crippen LogP contribution in [0.4, 0.5) is 9.59 Å². The summed E-state index contributed by atoms with van der Waals surface area (Å²) < 4.78 is 10.7. The van der Waals surface area contributed by atoms with E-state index in [-0.39, 0.29) is 18.2 Å². The average molecular weight is 376 g/mol. The fourth-order valence-corrected chi connectivity index (χ4v) is 4.16. The molecule has 0 radical (unpaired) electrons. The summed E-state index contributed by atoms with van der Waals surface area (Å²) in [7, 11) is 0. The highest BCUT2D eigenvalue weighted by molar-refractivity contribution is 5.75. The van der Waals surface area contributed by atoms with Crippen molar-refractivity contribution >= 4 is 12.1 Å². The second kappa shape index (κ2) is 7.80. The molecule has 148 valence electrons. The molecule has 1 aromatic rings. The number of likely N-dealkylation sites (tertiary alicyclic amines) is 1. The molecule has 0 bridgehead atoms. The van der Waals surface area contributed by atoms with Gasteiger partial charge in [0.15, 0.2) is 0 Å².